The summed E-state index contributed by atoms with van der Waals surface area (Å²) < 4.78 is 1.04. The molecule has 2 aliphatic heterocycles. The third-order valence-electron chi connectivity index (χ3n) is 2.76. The van der Waals surface area contributed by atoms with E-state index in [1.165, 1.54) is 31.8 Å². The Morgan fingerprint density at radius 3 is 2.50 bits per heavy atom. The molecule has 12 heavy (non-hydrogen) atoms. The molecule has 0 N–H and O–H groups in total. The lowest BCUT2D eigenvalue weighted by Crippen LogP contribution is -3.00. The van der Waals surface area contributed by atoms with Crippen LogP contribution in [0.15, 0.2) is 5.16 Å². The second-order valence-corrected chi connectivity index (χ2v) is 3.64. The predicted octanol–water partition coefficient (Wildman–Crippen LogP) is -2.04. The summed E-state index contributed by atoms with van der Waals surface area (Å²) >= 11 is 0. The number of oxime groups is 1. The van der Waals surface area contributed by atoms with Crippen molar-refractivity contribution < 1.29 is 33.3 Å². The maximum absolute atomic E-state index is 5.01. The van der Waals surface area contributed by atoms with E-state index in [9.17, 15) is 0 Å². The van der Waals surface area contributed by atoms with E-state index in [-0.39, 0.29) is 24.0 Å². The van der Waals surface area contributed by atoms with Gasteiger partial charge in [0.25, 0.3) is 0 Å². The number of quaternary nitrogens is 1. The van der Waals surface area contributed by atoms with Gasteiger partial charge < -0.3 is 28.8 Å². The topological polar surface area (TPSA) is 21.6 Å². The van der Waals surface area contributed by atoms with Gasteiger partial charge in [0.1, 0.15) is 6.61 Å². The largest absolute Gasteiger partial charge is 1.00 e. The molecule has 0 aromatic rings. The molecule has 0 radical (unpaired) electrons. The fourth-order valence-corrected chi connectivity index (χ4v) is 1.96. The van der Waals surface area contributed by atoms with Gasteiger partial charge >= 0.3 is 0 Å². The minimum Gasteiger partial charge on any atom is -1.00 e. The van der Waals surface area contributed by atoms with Crippen molar-refractivity contribution in [2.45, 2.75) is 19.3 Å². The zero-order valence-electron chi connectivity index (χ0n) is 7.42. The minimum atomic E-state index is 0. The van der Waals surface area contributed by atoms with E-state index in [4.69, 9.17) is 4.84 Å². The zero-order valence-corrected chi connectivity index (χ0v) is 9.58. The fraction of sp³-hybridized carbons (Fsp3) is 0.875. The Hall–Kier alpha value is 0.160. The highest BCUT2D eigenvalue weighted by Crippen LogP contribution is 2.21. The summed E-state index contributed by atoms with van der Waals surface area (Å²) in [5.74, 6) is 1.25. The molecule has 0 spiro atoms. The quantitative estimate of drug-likeness (QED) is 0.371. The first-order chi connectivity index (χ1) is 5.31. The molecule has 0 aromatic heterocycles. The molecule has 0 amide bonds. The van der Waals surface area contributed by atoms with Crippen molar-refractivity contribution >= 4 is 5.84 Å². The summed E-state index contributed by atoms with van der Waals surface area (Å²) in [4.78, 5) is 5.01. The number of rotatable bonds is 0. The van der Waals surface area contributed by atoms with Crippen LogP contribution in [0.1, 0.15) is 19.3 Å². The van der Waals surface area contributed by atoms with Gasteiger partial charge in [0.15, 0.2) is 0 Å². The van der Waals surface area contributed by atoms with E-state index in [1.54, 1.807) is 0 Å². The Labute approximate surface area is 90.4 Å². The maximum Gasteiger partial charge on any atom is 0.241 e. The van der Waals surface area contributed by atoms with Gasteiger partial charge in [-0.2, -0.15) is 0 Å². The van der Waals surface area contributed by atoms with Gasteiger partial charge in [-0.25, -0.2) is 0 Å². The van der Waals surface area contributed by atoms with Gasteiger partial charge in [-0.3, -0.25) is 4.48 Å². The average molecular weight is 282 g/mol. The van der Waals surface area contributed by atoms with Crippen molar-refractivity contribution in [1.29, 1.82) is 0 Å². The Balaban J connectivity index is 0.000000720. The van der Waals surface area contributed by atoms with E-state index < -0.39 is 0 Å². The van der Waals surface area contributed by atoms with Crippen molar-refractivity contribution in [2.24, 2.45) is 5.16 Å². The molecule has 2 aliphatic rings. The van der Waals surface area contributed by atoms with Crippen molar-refractivity contribution in [3.05, 3.63) is 0 Å². The summed E-state index contributed by atoms with van der Waals surface area (Å²) in [6, 6.07) is 0. The number of hydrogen-bond donors (Lipinski definition) is 0. The summed E-state index contributed by atoms with van der Waals surface area (Å²) in [5.41, 5.74) is 0. The Morgan fingerprint density at radius 1 is 1.33 bits per heavy atom. The van der Waals surface area contributed by atoms with E-state index in [1.807, 2.05) is 0 Å². The molecule has 0 atom stereocenters. The third-order valence-corrected chi connectivity index (χ3v) is 2.76. The molecule has 1 saturated heterocycles. The molecule has 0 aromatic carbocycles. The first kappa shape index (κ1) is 10.2. The van der Waals surface area contributed by atoms with Crippen LogP contribution < -0.4 is 24.0 Å². The second-order valence-electron chi connectivity index (χ2n) is 3.64. The Morgan fingerprint density at radius 2 is 2.00 bits per heavy atom. The maximum atomic E-state index is 5.01. The zero-order chi connectivity index (χ0) is 7.73. The van der Waals surface area contributed by atoms with Gasteiger partial charge in [-0.05, 0) is 5.16 Å². The molecule has 70 valence electrons. The molecule has 2 heterocycles. The molecule has 0 unspecified atom stereocenters. The average Bonchev–Trinajstić information content (AvgIpc) is 2.55. The highest BCUT2D eigenvalue weighted by Gasteiger charge is 2.35. The Kier molecular flexibility index (Phi) is 3.34. The van der Waals surface area contributed by atoms with Crippen LogP contribution >= 0.6 is 0 Å². The van der Waals surface area contributed by atoms with E-state index in [0.29, 0.717) is 0 Å². The normalized spacial score (nSPS) is 25.9. The lowest BCUT2D eigenvalue weighted by molar-refractivity contribution is -0.808. The van der Waals surface area contributed by atoms with Crippen LogP contribution in [0.2, 0.25) is 0 Å². The Bertz CT molecular complexity index is 187. The molecule has 2 rings (SSSR count). The highest BCUT2D eigenvalue weighted by atomic mass is 127. The molecule has 0 aliphatic carbocycles. The fourth-order valence-electron chi connectivity index (χ4n) is 1.96. The molecule has 0 saturated carbocycles. The van der Waals surface area contributed by atoms with Crippen LogP contribution in [0, 0.1) is 0 Å². The molecule has 1 fully saturated rings. The molecule has 0 bridgehead atoms. The third kappa shape index (κ3) is 1.74. The van der Waals surface area contributed by atoms with Crippen molar-refractivity contribution in [3.8, 4) is 0 Å². The lowest BCUT2D eigenvalue weighted by atomic mass is 10.3. The van der Waals surface area contributed by atoms with Crippen molar-refractivity contribution in [2.75, 3.05) is 26.7 Å². The summed E-state index contributed by atoms with van der Waals surface area (Å²) in [7, 11) is 2.26. The van der Waals surface area contributed by atoms with E-state index in [0.717, 1.165) is 17.5 Å². The van der Waals surface area contributed by atoms with Crippen LogP contribution in [-0.2, 0) is 4.84 Å². The highest BCUT2D eigenvalue weighted by molar-refractivity contribution is 5.76. The SMILES string of the molecule is C[N+]1(C2=NOCC2)CCCC1.[I-]. The van der Waals surface area contributed by atoms with Gasteiger partial charge in [0.2, 0.25) is 5.84 Å². The summed E-state index contributed by atoms with van der Waals surface area (Å²) in [5, 5.41) is 4.08. The summed E-state index contributed by atoms with van der Waals surface area (Å²) in [6.45, 7) is 3.30. The van der Waals surface area contributed by atoms with Crippen molar-refractivity contribution in [3.63, 3.8) is 0 Å². The molecule has 3 nitrogen and oxygen atoms in total. The van der Waals surface area contributed by atoms with Crippen LogP contribution in [0.25, 0.3) is 0 Å². The van der Waals surface area contributed by atoms with Crippen LogP contribution in [-0.4, -0.2) is 37.1 Å². The first-order valence-electron chi connectivity index (χ1n) is 4.35. The minimum absolute atomic E-state index is 0. The van der Waals surface area contributed by atoms with Gasteiger partial charge in [0, 0.05) is 12.8 Å². The molecular formula is C8H15IN2O. The number of halogens is 1. The molecule has 4 heteroatoms. The van der Waals surface area contributed by atoms with Crippen LogP contribution in [0.4, 0.5) is 0 Å². The van der Waals surface area contributed by atoms with E-state index in [2.05, 4.69) is 12.2 Å². The van der Waals surface area contributed by atoms with E-state index >= 15 is 0 Å². The first-order valence-corrected chi connectivity index (χ1v) is 4.35. The van der Waals surface area contributed by atoms with Gasteiger partial charge in [-0.1, -0.05) is 0 Å². The van der Waals surface area contributed by atoms with Crippen molar-refractivity contribution in [1.82, 2.24) is 0 Å². The smallest absolute Gasteiger partial charge is 0.241 e. The van der Waals surface area contributed by atoms with Gasteiger partial charge in [-0.15, -0.1) is 0 Å². The van der Waals surface area contributed by atoms with Gasteiger partial charge in [0.05, 0.1) is 26.6 Å². The number of nitrogens with zero attached hydrogens (tertiary/aromatic N) is 2. The second kappa shape index (κ2) is 3.91. The monoisotopic (exact) mass is 282 g/mol. The predicted molar refractivity (Wildman–Crippen MR) is 43.2 cm³/mol. The number of hydrogen-bond acceptors (Lipinski definition) is 2. The number of likely N-dealkylation sites (tertiary alicyclic amines) is 1. The standard InChI is InChI=1S/C8H15N2O.HI/c1-10(5-2-3-6-10)8-4-7-11-9-8;/h2-7H2,1H3;1H/q+1;/p-1. The summed E-state index contributed by atoms with van der Waals surface area (Å²) in [6.07, 6.45) is 3.72. The lowest BCUT2D eigenvalue weighted by Gasteiger charge is -2.26. The van der Waals surface area contributed by atoms with Crippen LogP contribution in [0.3, 0.4) is 0 Å². The van der Waals surface area contributed by atoms with Crippen LogP contribution in [0.5, 0.6) is 0 Å². The number of amidine groups is 1. The molecular weight excluding hydrogens is 267 g/mol.